The van der Waals surface area contributed by atoms with Gasteiger partial charge in [-0.25, -0.2) is 13.9 Å². The van der Waals surface area contributed by atoms with Crippen molar-refractivity contribution in [3.8, 4) is 0 Å². The van der Waals surface area contributed by atoms with Gasteiger partial charge in [-0.15, -0.1) is 0 Å². The Bertz CT molecular complexity index is 1170. The topological polar surface area (TPSA) is 53.7 Å². The zero-order chi connectivity index (χ0) is 23.2. The minimum absolute atomic E-state index is 0.103. The number of halogens is 6. The highest BCUT2D eigenvalue weighted by Crippen LogP contribution is 2.32. The molecule has 1 aromatic carbocycles. The van der Waals surface area contributed by atoms with Crippen LogP contribution in [-0.4, -0.2) is 56.5 Å². The number of fused-ring (bicyclic) bond motifs is 1. The number of alkyl halides is 3. The third kappa shape index (κ3) is 4.26. The van der Waals surface area contributed by atoms with E-state index < -0.39 is 23.6 Å². The Kier molecular flexibility index (Phi) is 6.04. The van der Waals surface area contributed by atoms with Crippen molar-refractivity contribution < 1.29 is 22.4 Å². The van der Waals surface area contributed by atoms with Gasteiger partial charge in [0.2, 0.25) is 0 Å². The second-order valence-corrected chi connectivity index (χ2v) is 8.23. The van der Waals surface area contributed by atoms with Gasteiger partial charge in [0.05, 0.1) is 0 Å². The molecule has 0 N–H and O–H groups in total. The predicted octanol–water partition coefficient (Wildman–Crippen LogP) is 4.46. The first-order valence-corrected chi connectivity index (χ1v) is 10.4. The lowest BCUT2D eigenvalue weighted by Crippen LogP contribution is -2.48. The Morgan fingerprint density at radius 2 is 1.84 bits per heavy atom. The van der Waals surface area contributed by atoms with Crippen molar-refractivity contribution in [1.82, 2.24) is 24.4 Å². The van der Waals surface area contributed by atoms with Crippen LogP contribution in [-0.2, 0) is 12.7 Å². The average Bonchev–Trinajstić information content (AvgIpc) is 3.06. The van der Waals surface area contributed by atoms with Crippen LogP contribution in [0.25, 0.3) is 5.65 Å². The summed E-state index contributed by atoms with van der Waals surface area (Å²) in [5.41, 5.74) is -1.10. The molecular weight excluding hydrogens is 473 g/mol. The first-order chi connectivity index (χ1) is 15.1. The predicted molar refractivity (Wildman–Crippen MR) is 110 cm³/mol. The smallest absolute Gasteiger partial charge is 0.335 e. The molecule has 32 heavy (non-hydrogen) atoms. The van der Waals surface area contributed by atoms with Crippen molar-refractivity contribution >= 4 is 34.8 Å². The molecule has 0 spiro atoms. The highest BCUT2D eigenvalue weighted by molar-refractivity contribution is 6.36. The van der Waals surface area contributed by atoms with E-state index in [0.717, 1.165) is 6.07 Å². The summed E-state index contributed by atoms with van der Waals surface area (Å²) < 4.78 is 54.8. The van der Waals surface area contributed by atoms with Gasteiger partial charge >= 0.3 is 6.18 Å². The van der Waals surface area contributed by atoms with Crippen LogP contribution in [0, 0.1) is 12.7 Å². The Morgan fingerprint density at radius 1 is 1.16 bits per heavy atom. The summed E-state index contributed by atoms with van der Waals surface area (Å²) in [7, 11) is 0. The minimum Gasteiger partial charge on any atom is -0.335 e. The molecule has 0 radical (unpaired) electrons. The minimum atomic E-state index is -4.69. The maximum absolute atomic E-state index is 14.0. The molecule has 1 saturated heterocycles. The normalized spacial score (nSPS) is 15.5. The van der Waals surface area contributed by atoms with Crippen LogP contribution in [0.1, 0.15) is 27.4 Å². The number of rotatable bonds is 3. The fourth-order valence-electron chi connectivity index (χ4n) is 3.62. The van der Waals surface area contributed by atoms with Crippen molar-refractivity contribution in [2.45, 2.75) is 19.6 Å². The van der Waals surface area contributed by atoms with E-state index in [1.165, 1.54) is 24.0 Å². The van der Waals surface area contributed by atoms with Gasteiger partial charge in [0, 0.05) is 49.0 Å². The number of aryl methyl sites for hydroxylation is 1. The van der Waals surface area contributed by atoms with Crippen LogP contribution in [0.2, 0.25) is 10.0 Å². The number of carbonyl (C=O) groups excluding carboxylic acids is 1. The molecule has 12 heteroatoms. The molecule has 1 aliphatic rings. The highest BCUT2D eigenvalue weighted by atomic mass is 35.5. The van der Waals surface area contributed by atoms with Crippen molar-refractivity contribution in [3.05, 3.63) is 62.8 Å². The van der Waals surface area contributed by atoms with Crippen LogP contribution in [0.4, 0.5) is 17.6 Å². The first-order valence-electron chi connectivity index (χ1n) is 9.64. The Balaban J connectivity index is 1.53. The summed E-state index contributed by atoms with van der Waals surface area (Å²) in [6.45, 7) is 3.07. The molecule has 170 valence electrons. The summed E-state index contributed by atoms with van der Waals surface area (Å²) in [5.74, 6) is -0.995. The molecule has 0 unspecified atom stereocenters. The fraction of sp³-hybridized carbons (Fsp3) is 0.350. The molecule has 4 rings (SSSR count). The van der Waals surface area contributed by atoms with Gasteiger partial charge in [-0.2, -0.15) is 18.3 Å². The Morgan fingerprint density at radius 3 is 2.47 bits per heavy atom. The second-order valence-electron chi connectivity index (χ2n) is 7.45. The molecule has 0 aliphatic carbocycles. The molecule has 1 amide bonds. The number of nitrogens with zero attached hydrogens (tertiary/aromatic N) is 5. The average molecular weight is 490 g/mol. The van der Waals surface area contributed by atoms with E-state index in [9.17, 15) is 22.4 Å². The highest BCUT2D eigenvalue weighted by Gasteiger charge is 2.37. The second kappa shape index (κ2) is 8.49. The van der Waals surface area contributed by atoms with Gasteiger partial charge in [-0.3, -0.25) is 9.69 Å². The zero-order valence-corrected chi connectivity index (χ0v) is 18.3. The number of carbonyl (C=O) groups is 1. The summed E-state index contributed by atoms with van der Waals surface area (Å²) in [4.78, 5) is 20.4. The van der Waals surface area contributed by atoms with E-state index >= 15 is 0 Å². The molecule has 3 heterocycles. The largest absolute Gasteiger partial charge is 0.433 e. The maximum atomic E-state index is 14.0. The van der Waals surface area contributed by atoms with E-state index in [0.29, 0.717) is 28.2 Å². The van der Waals surface area contributed by atoms with Gasteiger partial charge in [-0.05, 0) is 25.1 Å². The van der Waals surface area contributed by atoms with Crippen LogP contribution < -0.4 is 0 Å². The molecule has 1 aliphatic heterocycles. The monoisotopic (exact) mass is 489 g/mol. The summed E-state index contributed by atoms with van der Waals surface area (Å²) in [6.07, 6.45) is -4.69. The number of piperazine rings is 1. The lowest BCUT2D eigenvalue weighted by atomic mass is 10.1. The quantitative estimate of drug-likeness (QED) is 0.509. The number of hydrogen-bond donors (Lipinski definition) is 0. The number of benzene rings is 1. The molecular formula is C20H17Cl2F4N5O. The van der Waals surface area contributed by atoms with Gasteiger partial charge in [-0.1, -0.05) is 29.3 Å². The van der Waals surface area contributed by atoms with Crippen LogP contribution in [0.15, 0.2) is 24.3 Å². The fourth-order valence-corrected chi connectivity index (χ4v) is 4.08. The molecule has 0 atom stereocenters. The maximum Gasteiger partial charge on any atom is 0.433 e. The van der Waals surface area contributed by atoms with Gasteiger partial charge in [0.1, 0.15) is 16.5 Å². The summed E-state index contributed by atoms with van der Waals surface area (Å²) in [6, 6.07) is 5.31. The lowest BCUT2D eigenvalue weighted by Gasteiger charge is -2.34. The first kappa shape index (κ1) is 22.8. The molecule has 0 bridgehead atoms. The summed E-state index contributed by atoms with van der Waals surface area (Å²) >= 11 is 12.3. The molecule has 3 aromatic rings. The third-order valence-electron chi connectivity index (χ3n) is 5.26. The molecule has 1 fully saturated rings. The molecule has 0 saturated carbocycles. The standard InChI is InChI=1S/C20H17Cl2F4N5O/c1-11-9-15(20(24,25)26)31-18(27-11)16(22)17(28-31)19(32)30-7-5-29(6-8-30)10-12-13(21)3-2-4-14(12)23/h2-4,9H,5-8,10H2,1H3. The summed E-state index contributed by atoms with van der Waals surface area (Å²) in [5, 5.41) is 3.93. The molecule has 2 aromatic heterocycles. The Labute approximate surface area is 190 Å². The number of hydrogen-bond acceptors (Lipinski definition) is 4. The van der Waals surface area contributed by atoms with Gasteiger partial charge < -0.3 is 4.90 Å². The van der Waals surface area contributed by atoms with Crippen LogP contribution in [0.3, 0.4) is 0 Å². The number of aromatic nitrogens is 3. The third-order valence-corrected chi connectivity index (χ3v) is 5.96. The zero-order valence-electron chi connectivity index (χ0n) is 16.8. The van der Waals surface area contributed by atoms with Crippen molar-refractivity contribution in [1.29, 1.82) is 0 Å². The Hall–Kier alpha value is -2.43. The van der Waals surface area contributed by atoms with Crippen molar-refractivity contribution in [3.63, 3.8) is 0 Å². The van der Waals surface area contributed by atoms with E-state index in [4.69, 9.17) is 23.2 Å². The SMILES string of the molecule is Cc1cc(C(F)(F)F)n2nc(C(=O)N3CCN(Cc4c(F)cccc4Cl)CC3)c(Cl)c2n1. The van der Waals surface area contributed by atoms with Gasteiger partial charge in [0.25, 0.3) is 5.91 Å². The van der Waals surface area contributed by atoms with Crippen molar-refractivity contribution in [2.75, 3.05) is 26.2 Å². The number of amides is 1. The van der Waals surface area contributed by atoms with Gasteiger partial charge in [0.15, 0.2) is 11.3 Å². The van der Waals surface area contributed by atoms with E-state index in [1.54, 1.807) is 6.07 Å². The van der Waals surface area contributed by atoms with E-state index in [-0.39, 0.29) is 41.7 Å². The molecule has 6 nitrogen and oxygen atoms in total. The van der Waals surface area contributed by atoms with E-state index in [1.807, 2.05) is 4.90 Å². The van der Waals surface area contributed by atoms with Crippen LogP contribution in [0.5, 0.6) is 0 Å². The van der Waals surface area contributed by atoms with Crippen molar-refractivity contribution in [2.24, 2.45) is 0 Å². The lowest BCUT2D eigenvalue weighted by molar-refractivity contribution is -0.142. The van der Waals surface area contributed by atoms with Crippen LogP contribution >= 0.6 is 23.2 Å². The van der Waals surface area contributed by atoms with E-state index in [2.05, 4.69) is 10.1 Å².